The van der Waals surface area contributed by atoms with Crippen molar-refractivity contribution >= 4 is 27.4 Å². The molecule has 0 fully saturated rings. The Balaban J connectivity index is 1.77. The fourth-order valence-corrected chi connectivity index (χ4v) is 4.71. The second-order valence-electron chi connectivity index (χ2n) is 7.20. The van der Waals surface area contributed by atoms with E-state index < -0.39 is 44.5 Å². The molecule has 3 aromatic rings. The number of aromatic nitrogens is 2. The van der Waals surface area contributed by atoms with Gasteiger partial charge in [0.05, 0.1) is 11.8 Å². The molecule has 172 valence electrons. The quantitative estimate of drug-likeness (QED) is 0.331. The molecule has 0 spiro atoms. The maximum Gasteiger partial charge on any atom is 0.296 e. The van der Waals surface area contributed by atoms with Gasteiger partial charge in [0.2, 0.25) is 28.7 Å². The number of nitrogens with zero attached hydrogens (tertiary/aromatic N) is 2. The van der Waals surface area contributed by atoms with Crippen molar-refractivity contribution < 1.29 is 27.3 Å². The Kier molecular flexibility index (Phi) is 7.34. The highest BCUT2D eigenvalue weighted by Crippen LogP contribution is 2.17. The van der Waals surface area contributed by atoms with E-state index in [1.54, 1.807) is 67.6 Å². The summed E-state index contributed by atoms with van der Waals surface area (Å²) in [5.41, 5.74) is 6.26. The lowest BCUT2D eigenvalue weighted by atomic mass is 10.1. The maximum absolute atomic E-state index is 12.8. The first-order chi connectivity index (χ1) is 15.7. The Morgan fingerprint density at radius 1 is 1.03 bits per heavy atom. The van der Waals surface area contributed by atoms with Crippen molar-refractivity contribution in [3.8, 4) is 11.4 Å². The first-order valence-corrected chi connectivity index (χ1v) is 11.7. The van der Waals surface area contributed by atoms with E-state index in [2.05, 4.69) is 15.5 Å². The van der Waals surface area contributed by atoms with Gasteiger partial charge in [-0.25, -0.2) is 8.42 Å². The van der Waals surface area contributed by atoms with Crippen LogP contribution in [-0.4, -0.2) is 47.4 Å². The van der Waals surface area contributed by atoms with E-state index in [0.29, 0.717) is 11.1 Å². The molecule has 2 unspecified atom stereocenters. The summed E-state index contributed by atoms with van der Waals surface area (Å²) in [6, 6.07) is 15.7. The smallest absolute Gasteiger partial charge is 0.296 e. The van der Waals surface area contributed by atoms with Gasteiger partial charge in [0.25, 0.3) is 5.89 Å². The van der Waals surface area contributed by atoms with Crippen molar-refractivity contribution in [3.05, 3.63) is 72.1 Å². The lowest BCUT2D eigenvalue weighted by Crippen LogP contribution is -2.52. The highest BCUT2D eigenvalue weighted by molar-refractivity contribution is 7.92. The first kappa shape index (κ1) is 23.8. The Hall–Kier alpha value is -3.86. The number of rotatable bonds is 10. The highest BCUT2D eigenvalue weighted by atomic mass is 32.2. The number of hydrogen-bond acceptors (Lipinski definition) is 8. The number of nitrogens with one attached hydrogen (secondary N) is 1. The monoisotopic (exact) mass is 470 g/mol. The van der Waals surface area contributed by atoms with Gasteiger partial charge in [0.15, 0.2) is 9.84 Å². The van der Waals surface area contributed by atoms with Crippen LogP contribution in [0.1, 0.15) is 29.6 Å². The molecule has 0 aliphatic carbocycles. The fourth-order valence-electron chi connectivity index (χ4n) is 3.14. The molecule has 2 amide bonds. The summed E-state index contributed by atoms with van der Waals surface area (Å²) >= 11 is 0. The zero-order chi connectivity index (χ0) is 24.0. The Bertz CT molecular complexity index is 1240. The number of primary amides is 1. The average molecular weight is 471 g/mol. The summed E-state index contributed by atoms with van der Waals surface area (Å²) in [5, 5.41) is 3.89. The summed E-state index contributed by atoms with van der Waals surface area (Å²) in [4.78, 5) is 41.5. The van der Waals surface area contributed by atoms with Crippen molar-refractivity contribution in [2.75, 3.05) is 0 Å². The van der Waals surface area contributed by atoms with Crippen molar-refractivity contribution in [3.63, 3.8) is 0 Å². The molecule has 2 aromatic carbocycles. The van der Waals surface area contributed by atoms with E-state index in [-0.39, 0.29) is 18.1 Å². The number of Topliss-reactive ketones (excluding diaryl/α,β-unsaturated/α-hetero) is 1. The third-order valence-electron chi connectivity index (χ3n) is 4.78. The van der Waals surface area contributed by atoms with Gasteiger partial charge in [-0.3, -0.25) is 14.4 Å². The number of sulfone groups is 1. The summed E-state index contributed by atoms with van der Waals surface area (Å²) in [6.45, 7) is 1.59. The lowest BCUT2D eigenvalue weighted by Gasteiger charge is -2.18. The van der Waals surface area contributed by atoms with Crippen LogP contribution in [0.5, 0.6) is 0 Å². The van der Waals surface area contributed by atoms with Crippen molar-refractivity contribution in [1.82, 2.24) is 15.5 Å². The molecule has 11 heteroatoms. The van der Waals surface area contributed by atoms with Crippen molar-refractivity contribution in [2.45, 2.75) is 30.4 Å². The summed E-state index contributed by atoms with van der Waals surface area (Å²) in [6.07, 6.45) is 0.0812. The number of carbonyl (C=O) groups excluding carboxylic acids is 3. The molecule has 0 radical (unpaired) electrons. The minimum absolute atomic E-state index is 0.0812. The standard InChI is InChI=1S/C22H22N4O6S/c1-2-16(17(27)22-25-20(26-32-22)15-11-7-4-8-12-15)24-21(29)18(19(23)28)33(30,31)13-14-9-5-3-6-10-14/h3-12,16,18H,2,13H2,1H3,(H2,23,28)(H,24,29). The largest absolute Gasteiger partial charge is 0.368 e. The molecule has 0 bridgehead atoms. The van der Waals surface area contributed by atoms with Gasteiger partial charge >= 0.3 is 0 Å². The SMILES string of the molecule is CCC(NC(=O)C(C(N)=O)S(=O)(=O)Cc1ccccc1)C(=O)c1nc(-c2ccccc2)no1. The van der Waals surface area contributed by atoms with Crippen LogP contribution in [0.2, 0.25) is 0 Å². The normalized spacial score (nSPS) is 13.1. The van der Waals surface area contributed by atoms with Gasteiger partial charge in [-0.1, -0.05) is 72.7 Å². The minimum atomic E-state index is -4.30. The predicted octanol–water partition coefficient (Wildman–Crippen LogP) is 1.28. The molecule has 0 saturated heterocycles. The second-order valence-corrected chi connectivity index (χ2v) is 9.28. The van der Waals surface area contributed by atoms with Gasteiger partial charge in [-0.05, 0) is 12.0 Å². The van der Waals surface area contributed by atoms with Crippen LogP contribution in [0, 0.1) is 0 Å². The molecular formula is C22H22N4O6S. The molecule has 3 rings (SSSR count). The average Bonchev–Trinajstić information content (AvgIpc) is 3.28. The number of amides is 2. The number of carbonyl (C=O) groups is 3. The van der Waals surface area contributed by atoms with Gasteiger partial charge < -0.3 is 15.6 Å². The molecule has 0 aliphatic heterocycles. The predicted molar refractivity (Wildman–Crippen MR) is 118 cm³/mol. The van der Waals surface area contributed by atoms with Crippen LogP contribution >= 0.6 is 0 Å². The van der Waals surface area contributed by atoms with Gasteiger partial charge in [0.1, 0.15) is 0 Å². The van der Waals surface area contributed by atoms with Gasteiger partial charge in [-0.2, -0.15) is 4.98 Å². The Labute approximate surface area is 190 Å². The molecule has 0 aliphatic rings. The molecular weight excluding hydrogens is 448 g/mol. The zero-order valence-electron chi connectivity index (χ0n) is 17.7. The Morgan fingerprint density at radius 2 is 1.64 bits per heavy atom. The molecule has 0 saturated carbocycles. The third kappa shape index (κ3) is 5.69. The van der Waals surface area contributed by atoms with Crippen molar-refractivity contribution in [1.29, 1.82) is 0 Å². The van der Waals surface area contributed by atoms with Crippen LogP contribution < -0.4 is 11.1 Å². The van der Waals surface area contributed by atoms with Crippen LogP contribution in [0.15, 0.2) is 65.2 Å². The van der Waals surface area contributed by atoms with Crippen LogP contribution in [-0.2, 0) is 25.2 Å². The van der Waals surface area contributed by atoms with E-state index in [1.165, 1.54) is 0 Å². The van der Waals surface area contributed by atoms with Crippen LogP contribution in [0.3, 0.4) is 0 Å². The summed E-state index contributed by atoms with van der Waals surface area (Å²) in [5.74, 6) is -3.99. The van der Waals surface area contributed by atoms with E-state index in [4.69, 9.17) is 10.3 Å². The molecule has 1 heterocycles. The van der Waals surface area contributed by atoms with Crippen LogP contribution in [0.4, 0.5) is 0 Å². The van der Waals surface area contributed by atoms with Crippen molar-refractivity contribution in [2.24, 2.45) is 5.73 Å². The van der Waals surface area contributed by atoms with Gasteiger partial charge in [0, 0.05) is 5.56 Å². The molecule has 2 atom stereocenters. The number of ketones is 1. The minimum Gasteiger partial charge on any atom is -0.368 e. The van der Waals surface area contributed by atoms with Gasteiger partial charge in [-0.15, -0.1) is 0 Å². The highest BCUT2D eigenvalue weighted by Gasteiger charge is 2.39. The molecule has 3 N–H and O–H groups in total. The lowest BCUT2D eigenvalue weighted by molar-refractivity contribution is -0.127. The Morgan fingerprint density at radius 3 is 2.21 bits per heavy atom. The zero-order valence-corrected chi connectivity index (χ0v) is 18.5. The van der Waals surface area contributed by atoms with Crippen LogP contribution in [0.25, 0.3) is 11.4 Å². The number of hydrogen-bond donors (Lipinski definition) is 2. The summed E-state index contributed by atoms with van der Waals surface area (Å²) < 4.78 is 30.6. The molecule has 1 aromatic heterocycles. The summed E-state index contributed by atoms with van der Waals surface area (Å²) in [7, 11) is -4.30. The first-order valence-electron chi connectivity index (χ1n) is 10.0. The van der Waals surface area contributed by atoms with E-state index >= 15 is 0 Å². The molecule has 33 heavy (non-hydrogen) atoms. The number of benzene rings is 2. The number of nitrogens with two attached hydrogens (primary N) is 1. The molecule has 10 nitrogen and oxygen atoms in total. The van der Waals surface area contributed by atoms with E-state index in [9.17, 15) is 22.8 Å². The van der Waals surface area contributed by atoms with E-state index in [0.717, 1.165) is 0 Å². The maximum atomic E-state index is 12.8. The fraction of sp³-hybridized carbons (Fsp3) is 0.227. The second kappa shape index (κ2) is 10.2. The van der Waals surface area contributed by atoms with E-state index in [1.807, 2.05) is 0 Å². The topological polar surface area (TPSA) is 162 Å². The third-order valence-corrected chi connectivity index (χ3v) is 6.68.